The topological polar surface area (TPSA) is 110 Å². The molecule has 2 rings (SSSR count). The van der Waals surface area contributed by atoms with Gasteiger partial charge in [0, 0.05) is 0 Å². The SMILES string of the molecule is C[C@@]1(NC(=O)COC(=O)c2ccc(O)cc2)CCS(=O)(=O)C1. The highest BCUT2D eigenvalue weighted by atomic mass is 32.2. The van der Waals surface area contributed by atoms with E-state index in [9.17, 15) is 18.0 Å². The maximum absolute atomic E-state index is 11.8. The maximum atomic E-state index is 11.8. The third-order valence-electron chi connectivity index (χ3n) is 3.38. The summed E-state index contributed by atoms with van der Waals surface area (Å²) in [5.74, 6) is -1.30. The number of phenols is 1. The van der Waals surface area contributed by atoms with Crippen LogP contribution in [0.2, 0.25) is 0 Å². The smallest absolute Gasteiger partial charge is 0.338 e. The van der Waals surface area contributed by atoms with Crippen molar-refractivity contribution < 1.29 is 27.9 Å². The van der Waals surface area contributed by atoms with Crippen molar-refractivity contribution in [3.8, 4) is 5.75 Å². The molecule has 8 heteroatoms. The molecule has 0 bridgehead atoms. The predicted octanol–water partition coefficient (Wildman–Crippen LogP) is 0.242. The molecule has 1 fully saturated rings. The fourth-order valence-corrected chi connectivity index (χ4v) is 4.39. The third-order valence-corrected chi connectivity index (χ3v) is 5.28. The van der Waals surface area contributed by atoms with Crippen LogP contribution in [0.25, 0.3) is 0 Å². The van der Waals surface area contributed by atoms with Crippen LogP contribution in [-0.4, -0.2) is 49.1 Å². The summed E-state index contributed by atoms with van der Waals surface area (Å²) in [7, 11) is -3.12. The zero-order valence-corrected chi connectivity index (χ0v) is 12.9. The van der Waals surface area contributed by atoms with E-state index in [2.05, 4.69) is 5.32 Å². The molecule has 7 nitrogen and oxygen atoms in total. The molecule has 0 radical (unpaired) electrons. The quantitative estimate of drug-likeness (QED) is 0.767. The summed E-state index contributed by atoms with van der Waals surface area (Å²) in [5, 5.41) is 11.7. The van der Waals surface area contributed by atoms with E-state index in [0.717, 1.165) is 0 Å². The normalized spacial score (nSPS) is 23.0. The first kappa shape index (κ1) is 16.3. The van der Waals surface area contributed by atoms with Crippen LogP contribution in [0.5, 0.6) is 5.75 Å². The van der Waals surface area contributed by atoms with Crippen molar-refractivity contribution in [3.63, 3.8) is 0 Å². The lowest BCUT2D eigenvalue weighted by atomic mass is 10.0. The Hall–Kier alpha value is -2.09. The van der Waals surface area contributed by atoms with Crippen molar-refractivity contribution in [2.45, 2.75) is 18.9 Å². The highest BCUT2D eigenvalue weighted by Crippen LogP contribution is 2.22. The van der Waals surface area contributed by atoms with E-state index < -0.39 is 33.9 Å². The molecule has 1 amide bonds. The summed E-state index contributed by atoms with van der Waals surface area (Å²) < 4.78 is 27.8. The lowest BCUT2D eigenvalue weighted by molar-refractivity contribution is -0.125. The maximum Gasteiger partial charge on any atom is 0.338 e. The van der Waals surface area contributed by atoms with Gasteiger partial charge in [0.1, 0.15) is 5.75 Å². The van der Waals surface area contributed by atoms with Crippen molar-refractivity contribution in [1.29, 1.82) is 0 Å². The largest absolute Gasteiger partial charge is 0.508 e. The number of carbonyl (C=O) groups is 2. The zero-order valence-electron chi connectivity index (χ0n) is 12.0. The Morgan fingerprint density at radius 1 is 1.32 bits per heavy atom. The number of carbonyl (C=O) groups excluding carboxylic acids is 2. The molecule has 1 aromatic rings. The molecule has 0 aromatic heterocycles. The summed E-state index contributed by atoms with van der Waals surface area (Å²) in [4.78, 5) is 23.5. The Morgan fingerprint density at radius 2 is 1.95 bits per heavy atom. The molecule has 0 unspecified atom stereocenters. The molecule has 1 aliphatic heterocycles. The Morgan fingerprint density at radius 3 is 2.50 bits per heavy atom. The Kier molecular flexibility index (Phi) is 4.41. The number of amides is 1. The second-order valence-electron chi connectivity index (χ2n) is 5.57. The number of aromatic hydroxyl groups is 1. The number of hydrogen-bond donors (Lipinski definition) is 2. The molecular weight excluding hydrogens is 310 g/mol. The van der Waals surface area contributed by atoms with Crippen LogP contribution < -0.4 is 5.32 Å². The number of benzene rings is 1. The Balaban J connectivity index is 1.85. The van der Waals surface area contributed by atoms with E-state index in [4.69, 9.17) is 9.84 Å². The van der Waals surface area contributed by atoms with Crippen LogP contribution in [0.1, 0.15) is 23.7 Å². The van der Waals surface area contributed by atoms with E-state index >= 15 is 0 Å². The van der Waals surface area contributed by atoms with Gasteiger partial charge in [-0.05, 0) is 37.6 Å². The molecule has 1 aliphatic rings. The fraction of sp³-hybridized carbons (Fsp3) is 0.429. The molecular formula is C14H17NO6S. The van der Waals surface area contributed by atoms with Crippen molar-refractivity contribution in [1.82, 2.24) is 5.32 Å². The number of rotatable bonds is 4. The number of hydrogen-bond acceptors (Lipinski definition) is 6. The van der Waals surface area contributed by atoms with E-state index in [-0.39, 0.29) is 22.8 Å². The van der Waals surface area contributed by atoms with Gasteiger partial charge in [-0.15, -0.1) is 0 Å². The van der Waals surface area contributed by atoms with Crippen molar-refractivity contribution in [2.24, 2.45) is 0 Å². The van der Waals surface area contributed by atoms with E-state index in [1.807, 2.05) is 0 Å². The van der Waals surface area contributed by atoms with Gasteiger partial charge in [-0.3, -0.25) is 4.79 Å². The van der Waals surface area contributed by atoms with Gasteiger partial charge in [-0.2, -0.15) is 0 Å². The number of nitrogens with one attached hydrogen (secondary N) is 1. The predicted molar refractivity (Wildman–Crippen MR) is 78.2 cm³/mol. The van der Waals surface area contributed by atoms with Crippen LogP contribution in [-0.2, 0) is 19.4 Å². The van der Waals surface area contributed by atoms with Crippen LogP contribution in [0, 0.1) is 0 Å². The molecule has 22 heavy (non-hydrogen) atoms. The summed E-state index contributed by atoms with van der Waals surface area (Å²) in [6, 6.07) is 5.42. The van der Waals surface area contributed by atoms with Gasteiger partial charge in [0.15, 0.2) is 16.4 Å². The molecule has 1 saturated heterocycles. The lowest BCUT2D eigenvalue weighted by Crippen LogP contribution is -2.48. The van der Waals surface area contributed by atoms with Crippen molar-refractivity contribution >= 4 is 21.7 Å². The minimum Gasteiger partial charge on any atom is -0.508 e. The number of phenolic OH excluding ortho intramolecular Hbond substituents is 1. The molecule has 0 saturated carbocycles. The summed E-state index contributed by atoms with van der Waals surface area (Å²) >= 11 is 0. The second kappa shape index (κ2) is 5.96. The van der Waals surface area contributed by atoms with Crippen LogP contribution in [0.3, 0.4) is 0 Å². The monoisotopic (exact) mass is 327 g/mol. The summed E-state index contributed by atoms with van der Waals surface area (Å²) in [6.07, 6.45) is 0.340. The first-order valence-corrected chi connectivity index (χ1v) is 8.49. The highest BCUT2D eigenvalue weighted by molar-refractivity contribution is 7.91. The van der Waals surface area contributed by atoms with Crippen LogP contribution in [0.4, 0.5) is 0 Å². The van der Waals surface area contributed by atoms with E-state index in [1.165, 1.54) is 24.3 Å². The summed E-state index contributed by atoms with van der Waals surface area (Å²) in [6.45, 7) is 1.16. The van der Waals surface area contributed by atoms with Gasteiger partial charge in [0.25, 0.3) is 5.91 Å². The van der Waals surface area contributed by atoms with Crippen LogP contribution in [0.15, 0.2) is 24.3 Å². The summed E-state index contributed by atoms with van der Waals surface area (Å²) in [5.41, 5.74) is -0.610. The molecule has 2 N–H and O–H groups in total. The van der Waals surface area contributed by atoms with Crippen molar-refractivity contribution in [3.05, 3.63) is 29.8 Å². The molecule has 1 atom stereocenters. The number of sulfone groups is 1. The number of esters is 1. The van der Waals surface area contributed by atoms with Gasteiger partial charge < -0.3 is 15.2 Å². The van der Waals surface area contributed by atoms with Gasteiger partial charge >= 0.3 is 5.97 Å². The van der Waals surface area contributed by atoms with Gasteiger partial charge in [-0.1, -0.05) is 0 Å². The molecule has 0 spiro atoms. The Labute approximate surface area is 128 Å². The Bertz CT molecular complexity index is 682. The average Bonchev–Trinajstić information content (AvgIpc) is 2.70. The average molecular weight is 327 g/mol. The number of ether oxygens (including phenoxy) is 1. The van der Waals surface area contributed by atoms with Gasteiger partial charge in [0.2, 0.25) is 0 Å². The second-order valence-corrected chi connectivity index (χ2v) is 7.76. The molecule has 120 valence electrons. The van der Waals surface area contributed by atoms with Gasteiger partial charge in [0.05, 0.1) is 22.6 Å². The molecule has 1 aromatic carbocycles. The fourth-order valence-electron chi connectivity index (χ4n) is 2.29. The first-order valence-electron chi connectivity index (χ1n) is 6.67. The minimum absolute atomic E-state index is 0.0182. The van der Waals surface area contributed by atoms with Crippen molar-refractivity contribution in [2.75, 3.05) is 18.1 Å². The molecule has 0 aliphatic carbocycles. The standard InChI is InChI=1S/C14H17NO6S/c1-14(6-7-22(19,20)9-14)15-12(17)8-21-13(18)10-2-4-11(16)5-3-10/h2-5,16H,6-9H2,1H3,(H,15,17)/t14-/m1/s1. The zero-order chi connectivity index (χ0) is 16.4. The molecule has 1 heterocycles. The first-order chi connectivity index (χ1) is 10.2. The third kappa shape index (κ3) is 4.20. The van der Waals surface area contributed by atoms with E-state index in [0.29, 0.717) is 6.42 Å². The lowest BCUT2D eigenvalue weighted by Gasteiger charge is -2.23. The highest BCUT2D eigenvalue weighted by Gasteiger charge is 2.39. The van der Waals surface area contributed by atoms with Gasteiger partial charge in [-0.25, -0.2) is 13.2 Å². The minimum atomic E-state index is -3.12. The van der Waals surface area contributed by atoms with E-state index in [1.54, 1.807) is 6.92 Å². The van der Waals surface area contributed by atoms with Crippen LogP contribution >= 0.6 is 0 Å².